The van der Waals surface area contributed by atoms with Gasteiger partial charge in [-0.3, -0.25) is 4.79 Å². The molecule has 2 aromatic rings. The Morgan fingerprint density at radius 2 is 2.00 bits per heavy atom. The third kappa shape index (κ3) is 3.90. The van der Waals surface area contributed by atoms with Gasteiger partial charge < -0.3 is 10.2 Å². The first kappa shape index (κ1) is 17.2. The summed E-state index contributed by atoms with van der Waals surface area (Å²) in [6.45, 7) is 6.45. The molecule has 0 spiro atoms. The van der Waals surface area contributed by atoms with E-state index < -0.39 is 0 Å². The van der Waals surface area contributed by atoms with E-state index in [0.717, 1.165) is 34.0 Å². The van der Waals surface area contributed by atoms with Crippen LogP contribution >= 0.6 is 0 Å². The summed E-state index contributed by atoms with van der Waals surface area (Å²) in [6, 6.07) is 12.2. The summed E-state index contributed by atoms with van der Waals surface area (Å²) in [5.74, 6) is 0.720. The SMILES string of the molecule is CC(=NOCc1c(C)cccc1NC=O)c1cccc(C2CC2)c1C. The third-order valence-corrected chi connectivity index (χ3v) is 4.82. The molecule has 1 saturated carbocycles. The Balaban J connectivity index is 1.75. The van der Waals surface area contributed by atoms with Crippen molar-refractivity contribution in [1.29, 1.82) is 0 Å². The van der Waals surface area contributed by atoms with Crippen molar-refractivity contribution in [2.75, 3.05) is 5.32 Å². The molecule has 4 heteroatoms. The van der Waals surface area contributed by atoms with Gasteiger partial charge in [-0.15, -0.1) is 0 Å². The number of amides is 1. The Hall–Kier alpha value is -2.62. The molecule has 1 amide bonds. The lowest BCUT2D eigenvalue weighted by Gasteiger charge is -2.12. The first-order valence-corrected chi connectivity index (χ1v) is 8.67. The average molecular weight is 336 g/mol. The van der Waals surface area contributed by atoms with E-state index in [1.165, 1.54) is 24.0 Å². The van der Waals surface area contributed by atoms with Crippen molar-refractivity contribution in [3.63, 3.8) is 0 Å². The molecule has 0 unspecified atom stereocenters. The van der Waals surface area contributed by atoms with Gasteiger partial charge in [-0.25, -0.2) is 0 Å². The summed E-state index contributed by atoms with van der Waals surface area (Å²) >= 11 is 0. The molecule has 1 N–H and O–H groups in total. The number of carbonyl (C=O) groups excluding carboxylic acids is 1. The van der Waals surface area contributed by atoms with Gasteiger partial charge in [0, 0.05) is 16.8 Å². The third-order valence-electron chi connectivity index (χ3n) is 4.82. The first-order chi connectivity index (χ1) is 12.1. The van der Waals surface area contributed by atoms with Gasteiger partial charge in [0.25, 0.3) is 0 Å². The molecule has 0 atom stereocenters. The Bertz CT molecular complexity index is 808. The van der Waals surface area contributed by atoms with E-state index in [9.17, 15) is 4.79 Å². The van der Waals surface area contributed by atoms with Gasteiger partial charge in [0.1, 0.15) is 6.61 Å². The van der Waals surface area contributed by atoms with Crippen molar-refractivity contribution in [3.8, 4) is 0 Å². The highest BCUT2D eigenvalue weighted by Crippen LogP contribution is 2.42. The maximum atomic E-state index is 10.8. The largest absolute Gasteiger partial charge is 0.391 e. The lowest BCUT2D eigenvalue weighted by Crippen LogP contribution is -2.04. The minimum atomic E-state index is 0.321. The van der Waals surface area contributed by atoms with Crippen LogP contribution in [0.3, 0.4) is 0 Å². The van der Waals surface area contributed by atoms with Gasteiger partial charge >= 0.3 is 0 Å². The van der Waals surface area contributed by atoms with E-state index in [4.69, 9.17) is 4.84 Å². The molecule has 0 radical (unpaired) electrons. The minimum absolute atomic E-state index is 0.321. The molecule has 1 fully saturated rings. The average Bonchev–Trinajstić information content (AvgIpc) is 3.42. The van der Waals surface area contributed by atoms with Gasteiger partial charge in [-0.1, -0.05) is 35.5 Å². The highest BCUT2D eigenvalue weighted by atomic mass is 16.6. The van der Waals surface area contributed by atoms with E-state index >= 15 is 0 Å². The molecule has 0 saturated heterocycles. The maximum absolute atomic E-state index is 10.8. The van der Waals surface area contributed by atoms with Crippen LogP contribution in [0.15, 0.2) is 41.6 Å². The zero-order chi connectivity index (χ0) is 17.8. The Labute approximate surface area is 148 Å². The van der Waals surface area contributed by atoms with Gasteiger partial charge in [0.05, 0.1) is 5.71 Å². The van der Waals surface area contributed by atoms with Crippen LogP contribution in [0.25, 0.3) is 0 Å². The standard InChI is InChI=1S/C21H24N2O2/c1-14-6-4-9-21(22-13-24)20(14)12-25-23-16(3)18-7-5-8-19(15(18)2)17-10-11-17/h4-9,13,17H,10-12H2,1-3H3,(H,22,24). The second-order valence-electron chi connectivity index (χ2n) is 6.61. The van der Waals surface area contributed by atoms with Crippen molar-refractivity contribution in [2.24, 2.45) is 5.16 Å². The molecule has 0 bridgehead atoms. The fourth-order valence-corrected chi connectivity index (χ4v) is 3.22. The molecular weight excluding hydrogens is 312 g/mol. The zero-order valence-electron chi connectivity index (χ0n) is 15.0. The molecule has 130 valence electrons. The Morgan fingerprint density at radius 3 is 2.72 bits per heavy atom. The highest BCUT2D eigenvalue weighted by molar-refractivity contribution is 5.99. The van der Waals surface area contributed by atoms with E-state index in [1.54, 1.807) is 0 Å². The van der Waals surface area contributed by atoms with Crippen LogP contribution < -0.4 is 5.32 Å². The molecule has 25 heavy (non-hydrogen) atoms. The number of aryl methyl sites for hydroxylation is 1. The number of nitrogens with one attached hydrogen (secondary N) is 1. The monoisotopic (exact) mass is 336 g/mol. The van der Waals surface area contributed by atoms with Crippen LogP contribution in [-0.2, 0) is 16.2 Å². The lowest BCUT2D eigenvalue weighted by atomic mass is 9.97. The van der Waals surface area contributed by atoms with Crippen molar-refractivity contribution in [3.05, 3.63) is 64.2 Å². The fraction of sp³-hybridized carbons (Fsp3) is 0.333. The summed E-state index contributed by atoms with van der Waals surface area (Å²) < 4.78 is 0. The molecule has 0 aliphatic heterocycles. The van der Waals surface area contributed by atoms with Gasteiger partial charge in [0.2, 0.25) is 6.41 Å². The number of benzene rings is 2. The van der Waals surface area contributed by atoms with Gasteiger partial charge in [-0.2, -0.15) is 0 Å². The van der Waals surface area contributed by atoms with E-state index in [-0.39, 0.29) is 0 Å². The van der Waals surface area contributed by atoms with Crippen molar-refractivity contribution < 1.29 is 9.63 Å². The van der Waals surface area contributed by atoms with Crippen LogP contribution in [-0.4, -0.2) is 12.1 Å². The maximum Gasteiger partial charge on any atom is 0.211 e. The second-order valence-corrected chi connectivity index (χ2v) is 6.61. The number of nitrogens with zero attached hydrogens (tertiary/aromatic N) is 1. The van der Waals surface area contributed by atoms with E-state index in [0.29, 0.717) is 13.0 Å². The number of anilines is 1. The van der Waals surface area contributed by atoms with Crippen molar-refractivity contribution >= 4 is 17.8 Å². The topological polar surface area (TPSA) is 50.7 Å². The fourth-order valence-electron chi connectivity index (χ4n) is 3.22. The Kier molecular flexibility index (Phi) is 5.17. The molecule has 0 aromatic heterocycles. The van der Waals surface area contributed by atoms with Crippen LogP contribution in [0, 0.1) is 13.8 Å². The van der Waals surface area contributed by atoms with E-state index in [2.05, 4.69) is 35.6 Å². The summed E-state index contributed by atoms with van der Waals surface area (Å²) in [7, 11) is 0. The number of hydrogen-bond donors (Lipinski definition) is 1. The molecule has 1 aliphatic rings. The zero-order valence-corrected chi connectivity index (χ0v) is 15.0. The summed E-state index contributed by atoms with van der Waals surface area (Å²) in [6.07, 6.45) is 3.26. The van der Waals surface area contributed by atoms with Crippen LogP contribution in [0.2, 0.25) is 0 Å². The van der Waals surface area contributed by atoms with Gasteiger partial charge in [-0.05, 0) is 62.3 Å². The normalized spacial score (nSPS) is 14.3. The number of rotatable bonds is 7. The summed E-state index contributed by atoms with van der Waals surface area (Å²) in [5.41, 5.74) is 7.51. The van der Waals surface area contributed by atoms with Crippen LogP contribution in [0.4, 0.5) is 5.69 Å². The van der Waals surface area contributed by atoms with Crippen molar-refractivity contribution in [2.45, 2.75) is 46.1 Å². The smallest absolute Gasteiger partial charge is 0.211 e. The molecular formula is C21H24N2O2. The molecule has 1 aliphatic carbocycles. The molecule has 4 nitrogen and oxygen atoms in total. The minimum Gasteiger partial charge on any atom is -0.391 e. The van der Waals surface area contributed by atoms with Crippen LogP contribution in [0.5, 0.6) is 0 Å². The molecule has 3 rings (SSSR count). The quantitative estimate of drug-likeness (QED) is 0.453. The Morgan fingerprint density at radius 1 is 1.24 bits per heavy atom. The summed E-state index contributed by atoms with van der Waals surface area (Å²) in [4.78, 5) is 16.4. The first-order valence-electron chi connectivity index (χ1n) is 8.67. The number of hydrogen-bond acceptors (Lipinski definition) is 3. The second kappa shape index (κ2) is 7.51. The molecule has 2 aromatic carbocycles. The van der Waals surface area contributed by atoms with E-state index in [1.807, 2.05) is 32.0 Å². The van der Waals surface area contributed by atoms with Gasteiger partial charge in [0.15, 0.2) is 0 Å². The predicted molar refractivity (Wildman–Crippen MR) is 101 cm³/mol. The summed E-state index contributed by atoms with van der Waals surface area (Å²) in [5, 5.41) is 7.03. The number of carbonyl (C=O) groups is 1. The van der Waals surface area contributed by atoms with Crippen LogP contribution in [0.1, 0.15) is 53.5 Å². The predicted octanol–water partition coefficient (Wildman–Crippen LogP) is 4.69. The highest BCUT2D eigenvalue weighted by Gasteiger charge is 2.25. The number of oxime groups is 1. The molecule has 0 heterocycles. The van der Waals surface area contributed by atoms with Crippen molar-refractivity contribution in [1.82, 2.24) is 0 Å². The lowest BCUT2D eigenvalue weighted by molar-refractivity contribution is -0.105.